The Morgan fingerprint density at radius 1 is 1.09 bits per heavy atom. The van der Waals surface area contributed by atoms with Gasteiger partial charge in [-0.05, 0) is 36.6 Å². The molecule has 2 heterocycles. The van der Waals surface area contributed by atoms with Gasteiger partial charge in [0.1, 0.15) is 5.69 Å². The summed E-state index contributed by atoms with van der Waals surface area (Å²) in [6, 6.07) is 11.8. The van der Waals surface area contributed by atoms with Crippen LogP contribution in [0.1, 0.15) is 17.7 Å². The molecule has 0 spiro atoms. The van der Waals surface area contributed by atoms with Gasteiger partial charge in [0.15, 0.2) is 0 Å². The van der Waals surface area contributed by atoms with E-state index in [4.69, 9.17) is 0 Å². The van der Waals surface area contributed by atoms with Crippen LogP contribution in [0.25, 0.3) is 11.3 Å². The Kier molecular flexibility index (Phi) is 2.85. The van der Waals surface area contributed by atoms with Crippen molar-refractivity contribution < 1.29 is 13.2 Å². The van der Waals surface area contributed by atoms with Crippen molar-refractivity contribution in [2.75, 3.05) is 13.1 Å². The highest BCUT2D eigenvalue weighted by Gasteiger charge is 2.57. The molecular formula is C17H15F3N2. The number of piperidine rings is 1. The summed E-state index contributed by atoms with van der Waals surface area (Å²) >= 11 is 0. The van der Waals surface area contributed by atoms with Crippen LogP contribution in [0.3, 0.4) is 0 Å². The molecule has 114 valence electrons. The third kappa shape index (κ3) is 2.11. The van der Waals surface area contributed by atoms with Crippen molar-refractivity contribution in [1.29, 1.82) is 0 Å². The molecule has 1 saturated carbocycles. The molecular weight excluding hydrogens is 289 g/mol. The highest BCUT2D eigenvalue weighted by atomic mass is 19.4. The van der Waals surface area contributed by atoms with E-state index in [1.165, 1.54) is 18.1 Å². The first-order chi connectivity index (χ1) is 10.5. The second-order valence-electron chi connectivity index (χ2n) is 6.17. The fourth-order valence-electron chi connectivity index (χ4n) is 3.52. The van der Waals surface area contributed by atoms with Crippen molar-refractivity contribution in [2.24, 2.45) is 5.92 Å². The molecule has 1 saturated heterocycles. The van der Waals surface area contributed by atoms with Crippen LogP contribution in [0.2, 0.25) is 0 Å². The number of nitrogens with one attached hydrogen (secondary N) is 1. The van der Waals surface area contributed by atoms with Gasteiger partial charge < -0.3 is 5.32 Å². The quantitative estimate of drug-likeness (QED) is 0.916. The largest absolute Gasteiger partial charge is 0.433 e. The molecule has 1 aliphatic heterocycles. The van der Waals surface area contributed by atoms with E-state index in [9.17, 15) is 13.2 Å². The number of hydrogen-bond donors (Lipinski definition) is 1. The van der Waals surface area contributed by atoms with Gasteiger partial charge in [0.2, 0.25) is 0 Å². The second-order valence-corrected chi connectivity index (χ2v) is 6.17. The number of rotatable bonds is 2. The van der Waals surface area contributed by atoms with Crippen molar-refractivity contribution in [2.45, 2.75) is 18.0 Å². The molecule has 1 aromatic carbocycles. The molecule has 4 rings (SSSR count). The number of alkyl halides is 3. The summed E-state index contributed by atoms with van der Waals surface area (Å²) < 4.78 is 38.2. The highest BCUT2D eigenvalue weighted by molar-refractivity contribution is 5.60. The van der Waals surface area contributed by atoms with Crippen molar-refractivity contribution in [3.63, 3.8) is 0 Å². The molecule has 2 nitrogen and oxygen atoms in total. The first-order valence-electron chi connectivity index (χ1n) is 7.35. The standard InChI is InChI=1S/C17H15F3N2/c18-17(19,20)15-3-1-2-14(22-15)11-4-6-12(7-5-11)16-8-13(16)9-21-10-16/h1-7,13,21H,8-10H2/t13-,16+/m0/s1. The summed E-state index contributed by atoms with van der Waals surface area (Å²) in [6.07, 6.45) is -3.20. The first kappa shape index (κ1) is 13.8. The smallest absolute Gasteiger partial charge is 0.316 e. The van der Waals surface area contributed by atoms with Gasteiger partial charge in [-0.15, -0.1) is 0 Å². The Morgan fingerprint density at radius 3 is 2.45 bits per heavy atom. The molecule has 0 radical (unpaired) electrons. The summed E-state index contributed by atoms with van der Waals surface area (Å²) in [7, 11) is 0. The van der Waals surface area contributed by atoms with Crippen molar-refractivity contribution in [3.8, 4) is 11.3 Å². The van der Waals surface area contributed by atoms with E-state index in [0.29, 0.717) is 11.6 Å². The highest BCUT2D eigenvalue weighted by Crippen LogP contribution is 2.56. The third-order valence-electron chi connectivity index (χ3n) is 4.86. The summed E-state index contributed by atoms with van der Waals surface area (Å²) in [5, 5.41) is 3.39. The van der Waals surface area contributed by atoms with Crippen LogP contribution in [0.5, 0.6) is 0 Å². The molecule has 2 fully saturated rings. The van der Waals surface area contributed by atoms with Crippen LogP contribution < -0.4 is 5.32 Å². The van der Waals surface area contributed by atoms with E-state index in [1.807, 2.05) is 24.3 Å². The van der Waals surface area contributed by atoms with Gasteiger partial charge in [-0.1, -0.05) is 30.3 Å². The lowest BCUT2D eigenvalue weighted by Crippen LogP contribution is -2.19. The average molecular weight is 304 g/mol. The number of fused-ring (bicyclic) bond motifs is 1. The first-order valence-corrected chi connectivity index (χ1v) is 7.35. The Hall–Kier alpha value is -1.88. The third-order valence-corrected chi connectivity index (χ3v) is 4.86. The topological polar surface area (TPSA) is 24.9 Å². The minimum Gasteiger partial charge on any atom is -0.316 e. The molecule has 1 aromatic heterocycles. The minimum atomic E-state index is -4.41. The van der Waals surface area contributed by atoms with Gasteiger partial charge in [-0.25, -0.2) is 4.98 Å². The number of aromatic nitrogens is 1. The van der Waals surface area contributed by atoms with Gasteiger partial charge in [0.25, 0.3) is 0 Å². The number of hydrogen-bond acceptors (Lipinski definition) is 2. The van der Waals surface area contributed by atoms with Crippen LogP contribution in [-0.2, 0) is 11.6 Å². The van der Waals surface area contributed by atoms with E-state index >= 15 is 0 Å². The fourth-order valence-corrected chi connectivity index (χ4v) is 3.52. The normalized spacial score (nSPS) is 26.8. The predicted octanol–water partition coefficient (Wildman–Crippen LogP) is 3.63. The van der Waals surface area contributed by atoms with Crippen LogP contribution in [-0.4, -0.2) is 18.1 Å². The molecule has 22 heavy (non-hydrogen) atoms. The summed E-state index contributed by atoms with van der Waals surface area (Å²) in [6.45, 7) is 2.07. The molecule has 2 aliphatic rings. The zero-order valence-electron chi connectivity index (χ0n) is 11.8. The summed E-state index contributed by atoms with van der Waals surface area (Å²) in [5.74, 6) is 0.713. The van der Waals surface area contributed by atoms with Crippen molar-refractivity contribution in [1.82, 2.24) is 10.3 Å². The van der Waals surface area contributed by atoms with Crippen LogP contribution in [0.4, 0.5) is 13.2 Å². The SMILES string of the molecule is FC(F)(F)c1cccc(-c2ccc([C@@]34CNC[C@@H]3C4)cc2)n1. The fraction of sp³-hybridized carbons (Fsp3) is 0.353. The zero-order chi connectivity index (χ0) is 15.4. The van der Waals surface area contributed by atoms with Crippen molar-refractivity contribution in [3.05, 3.63) is 53.7 Å². The lowest BCUT2D eigenvalue weighted by Gasteiger charge is -2.13. The second kappa shape index (κ2) is 4.56. The van der Waals surface area contributed by atoms with Crippen LogP contribution in [0, 0.1) is 5.92 Å². The summed E-state index contributed by atoms with van der Waals surface area (Å²) in [4.78, 5) is 3.73. The van der Waals surface area contributed by atoms with E-state index in [1.54, 1.807) is 6.07 Å². The Bertz CT molecular complexity index is 709. The molecule has 0 unspecified atom stereocenters. The van der Waals surface area contributed by atoms with E-state index in [0.717, 1.165) is 24.7 Å². The van der Waals surface area contributed by atoms with E-state index < -0.39 is 11.9 Å². The Balaban J connectivity index is 1.64. The van der Waals surface area contributed by atoms with Crippen molar-refractivity contribution >= 4 is 0 Å². The maximum atomic E-state index is 12.7. The maximum absolute atomic E-state index is 12.7. The van der Waals surface area contributed by atoms with Gasteiger partial charge >= 0.3 is 6.18 Å². The molecule has 0 bridgehead atoms. The van der Waals surface area contributed by atoms with Gasteiger partial charge in [-0.2, -0.15) is 13.2 Å². The van der Waals surface area contributed by atoms with Crippen LogP contribution in [0.15, 0.2) is 42.5 Å². The number of pyridine rings is 1. The number of halogens is 3. The van der Waals surface area contributed by atoms with Gasteiger partial charge in [-0.3, -0.25) is 0 Å². The number of nitrogens with zero attached hydrogens (tertiary/aromatic N) is 1. The van der Waals surface area contributed by atoms with Gasteiger partial charge in [0.05, 0.1) is 5.69 Å². The predicted molar refractivity (Wildman–Crippen MR) is 77.3 cm³/mol. The Labute approximate surface area is 126 Å². The minimum absolute atomic E-state index is 0.264. The molecule has 1 N–H and O–H groups in total. The molecule has 0 amide bonds. The molecule has 2 aromatic rings. The molecule has 1 aliphatic carbocycles. The maximum Gasteiger partial charge on any atom is 0.433 e. The zero-order valence-corrected chi connectivity index (χ0v) is 11.8. The molecule has 2 atom stereocenters. The average Bonchev–Trinajstić information content (AvgIpc) is 3.08. The summed E-state index contributed by atoms with van der Waals surface area (Å²) in [5.41, 5.74) is 1.76. The molecule has 5 heteroatoms. The lowest BCUT2D eigenvalue weighted by molar-refractivity contribution is -0.141. The van der Waals surface area contributed by atoms with E-state index in [-0.39, 0.29) is 5.41 Å². The van der Waals surface area contributed by atoms with Gasteiger partial charge in [0, 0.05) is 17.5 Å². The van der Waals surface area contributed by atoms with Crippen LogP contribution >= 0.6 is 0 Å². The number of benzene rings is 1. The lowest BCUT2D eigenvalue weighted by atomic mass is 9.94. The monoisotopic (exact) mass is 304 g/mol. The van der Waals surface area contributed by atoms with E-state index in [2.05, 4.69) is 10.3 Å². The Morgan fingerprint density at radius 2 is 1.86 bits per heavy atom.